The van der Waals surface area contributed by atoms with E-state index < -0.39 is 17.5 Å². The summed E-state index contributed by atoms with van der Waals surface area (Å²) in [6.45, 7) is 1.43. The minimum absolute atomic E-state index is 0.182. The van der Waals surface area contributed by atoms with Crippen LogP contribution < -0.4 is 10.3 Å². The molecule has 0 bridgehead atoms. The van der Waals surface area contributed by atoms with Gasteiger partial charge in [-0.05, 0) is 6.92 Å². The first-order valence-electron chi connectivity index (χ1n) is 3.62. The van der Waals surface area contributed by atoms with Crippen molar-refractivity contribution < 1.29 is 13.5 Å². The highest BCUT2D eigenvalue weighted by Gasteiger charge is 2.17. The van der Waals surface area contributed by atoms with Crippen molar-refractivity contribution in [3.8, 4) is 5.75 Å². The smallest absolute Gasteiger partial charge is 0.269 e. The Labute approximate surface area is 73.4 Å². The van der Waals surface area contributed by atoms with Gasteiger partial charge in [-0.2, -0.15) is 0 Å². The Hall–Kier alpha value is -1.39. The second-order valence-corrected chi connectivity index (χ2v) is 2.53. The Bertz CT molecular complexity index is 360. The maximum absolute atomic E-state index is 12.3. The zero-order valence-electron chi connectivity index (χ0n) is 7.23. The summed E-state index contributed by atoms with van der Waals surface area (Å²) in [5.41, 5.74) is -1.12. The zero-order chi connectivity index (χ0) is 10.0. The van der Waals surface area contributed by atoms with Crippen LogP contribution in [-0.2, 0) is 0 Å². The van der Waals surface area contributed by atoms with Gasteiger partial charge in [0.05, 0.1) is 12.7 Å². The Kier molecular flexibility index (Phi) is 2.65. The fraction of sp³-hybridized carbons (Fsp3) is 0.375. The molecule has 0 amide bonds. The Morgan fingerprint density at radius 2 is 2.15 bits per heavy atom. The van der Waals surface area contributed by atoms with Crippen molar-refractivity contribution in [2.75, 3.05) is 7.11 Å². The summed E-state index contributed by atoms with van der Waals surface area (Å²) in [5, 5.41) is 0. The molecule has 0 aliphatic rings. The molecule has 72 valence electrons. The Morgan fingerprint density at radius 1 is 1.54 bits per heavy atom. The average molecular weight is 189 g/mol. The lowest BCUT2D eigenvalue weighted by atomic mass is 10.1. The first kappa shape index (κ1) is 9.70. The molecule has 1 aromatic heterocycles. The molecule has 3 nitrogen and oxygen atoms in total. The van der Waals surface area contributed by atoms with Crippen LogP contribution in [0.5, 0.6) is 5.75 Å². The average Bonchev–Trinajstić information content (AvgIpc) is 2.04. The van der Waals surface area contributed by atoms with Gasteiger partial charge in [-0.25, -0.2) is 8.78 Å². The molecule has 5 heteroatoms. The molecule has 0 spiro atoms. The maximum atomic E-state index is 12.3. The van der Waals surface area contributed by atoms with Gasteiger partial charge in [0.25, 0.3) is 12.0 Å². The molecule has 0 aliphatic heterocycles. The number of halogens is 2. The van der Waals surface area contributed by atoms with Crippen molar-refractivity contribution >= 4 is 0 Å². The molecule has 0 radical (unpaired) electrons. The van der Waals surface area contributed by atoms with E-state index in [1.165, 1.54) is 20.2 Å². The van der Waals surface area contributed by atoms with Crippen LogP contribution in [0.15, 0.2) is 11.0 Å². The quantitative estimate of drug-likeness (QED) is 0.768. The third-order valence-corrected chi connectivity index (χ3v) is 1.79. The molecular formula is C8H9F2NO2. The standard InChI is InChI=1S/C8H9F2NO2/c1-4-5(13-2)3-11-8(12)6(4)7(9)10/h3,7H,1-2H3,(H,11,12). The number of aromatic amines is 1. The van der Waals surface area contributed by atoms with Crippen LogP contribution in [0.1, 0.15) is 17.6 Å². The van der Waals surface area contributed by atoms with Gasteiger partial charge in [-0.3, -0.25) is 4.79 Å². The third-order valence-electron chi connectivity index (χ3n) is 1.79. The number of alkyl halides is 2. The van der Waals surface area contributed by atoms with E-state index in [4.69, 9.17) is 4.74 Å². The number of H-pyrrole nitrogens is 1. The molecule has 0 fully saturated rings. The first-order chi connectivity index (χ1) is 6.07. The van der Waals surface area contributed by atoms with Crippen LogP contribution in [0.2, 0.25) is 0 Å². The van der Waals surface area contributed by atoms with E-state index in [9.17, 15) is 13.6 Å². The van der Waals surface area contributed by atoms with Crippen LogP contribution >= 0.6 is 0 Å². The van der Waals surface area contributed by atoms with Crippen molar-refractivity contribution in [2.24, 2.45) is 0 Å². The van der Waals surface area contributed by atoms with Gasteiger partial charge in [0.1, 0.15) is 5.75 Å². The SMILES string of the molecule is COc1c[nH]c(=O)c(C(F)F)c1C. The van der Waals surface area contributed by atoms with E-state index in [0.29, 0.717) is 0 Å². The number of pyridine rings is 1. The van der Waals surface area contributed by atoms with Crippen molar-refractivity contribution in [1.82, 2.24) is 4.98 Å². The molecule has 1 rings (SSSR count). The predicted molar refractivity (Wildman–Crippen MR) is 43.3 cm³/mol. The molecule has 1 N–H and O–H groups in total. The maximum Gasteiger partial charge on any atom is 0.269 e. The van der Waals surface area contributed by atoms with Gasteiger partial charge in [0.15, 0.2) is 0 Å². The number of methoxy groups -OCH3 is 1. The van der Waals surface area contributed by atoms with Gasteiger partial charge in [-0.15, -0.1) is 0 Å². The molecule has 0 unspecified atom stereocenters. The van der Waals surface area contributed by atoms with Crippen molar-refractivity contribution in [1.29, 1.82) is 0 Å². The third kappa shape index (κ3) is 1.68. The minimum atomic E-state index is -2.78. The summed E-state index contributed by atoms with van der Waals surface area (Å²) >= 11 is 0. The molecule has 0 aliphatic carbocycles. The normalized spacial score (nSPS) is 10.5. The van der Waals surface area contributed by atoms with E-state index >= 15 is 0 Å². The highest BCUT2D eigenvalue weighted by molar-refractivity contribution is 5.36. The molecule has 0 saturated heterocycles. The molecule has 0 saturated carbocycles. The van der Waals surface area contributed by atoms with Gasteiger partial charge in [-0.1, -0.05) is 0 Å². The van der Waals surface area contributed by atoms with Crippen LogP contribution in [0.4, 0.5) is 8.78 Å². The fourth-order valence-electron chi connectivity index (χ4n) is 1.09. The second kappa shape index (κ2) is 3.55. The predicted octanol–water partition coefficient (Wildman–Crippen LogP) is 1.63. The lowest BCUT2D eigenvalue weighted by Gasteiger charge is -2.07. The summed E-state index contributed by atoms with van der Waals surface area (Å²) in [6.07, 6.45) is -1.51. The fourth-order valence-corrected chi connectivity index (χ4v) is 1.09. The van der Waals surface area contributed by atoms with E-state index in [2.05, 4.69) is 4.98 Å². The summed E-state index contributed by atoms with van der Waals surface area (Å²) in [7, 11) is 1.36. The largest absolute Gasteiger partial charge is 0.495 e. The number of ether oxygens (including phenoxy) is 1. The number of aromatic nitrogens is 1. The van der Waals surface area contributed by atoms with Gasteiger partial charge < -0.3 is 9.72 Å². The topological polar surface area (TPSA) is 42.1 Å². The van der Waals surface area contributed by atoms with Crippen LogP contribution in [0.3, 0.4) is 0 Å². The highest BCUT2D eigenvalue weighted by Crippen LogP contribution is 2.24. The molecule has 13 heavy (non-hydrogen) atoms. The highest BCUT2D eigenvalue weighted by atomic mass is 19.3. The van der Waals surface area contributed by atoms with Crippen molar-refractivity contribution in [2.45, 2.75) is 13.3 Å². The lowest BCUT2D eigenvalue weighted by Crippen LogP contribution is -2.15. The summed E-state index contributed by atoms with van der Waals surface area (Å²) in [5.74, 6) is 0.259. The number of rotatable bonds is 2. The van der Waals surface area contributed by atoms with E-state index in [0.717, 1.165) is 0 Å². The number of hydrogen-bond donors (Lipinski definition) is 1. The summed E-state index contributed by atoms with van der Waals surface area (Å²) in [6, 6.07) is 0. The van der Waals surface area contributed by atoms with Crippen molar-refractivity contribution in [3.63, 3.8) is 0 Å². The van der Waals surface area contributed by atoms with Crippen LogP contribution in [0, 0.1) is 6.92 Å². The van der Waals surface area contributed by atoms with Gasteiger partial charge in [0, 0.05) is 11.8 Å². The molecular weight excluding hydrogens is 180 g/mol. The summed E-state index contributed by atoms with van der Waals surface area (Å²) < 4.78 is 29.4. The van der Waals surface area contributed by atoms with Gasteiger partial charge in [0.2, 0.25) is 0 Å². The summed E-state index contributed by atoms with van der Waals surface area (Å²) in [4.78, 5) is 13.1. The van der Waals surface area contributed by atoms with Gasteiger partial charge >= 0.3 is 0 Å². The lowest BCUT2D eigenvalue weighted by molar-refractivity contribution is 0.148. The monoisotopic (exact) mass is 189 g/mol. The Balaban J connectivity index is 3.39. The van der Waals surface area contributed by atoms with Crippen molar-refractivity contribution in [3.05, 3.63) is 27.7 Å². The van der Waals surface area contributed by atoms with Crippen LogP contribution in [0.25, 0.3) is 0 Å². The molecule has 1 heterocycles. The second-order valence-electron chi connectivity index (χ2n) is 2.53. The zero-order valence-corrected chi connectivity index (χ0v) is 7.23. The van der Waals surface area contributed by atoms with Crippen LogP contribution in [-0.4, -0.2) is 12.1 Å². The number of hydrogen-bond acceptors (Lipinski definition) is 2. The Morgan fingerprint density at radius 3 is 2.62 bits per heavy atom. The molecule has 0 aromatic carbocycles. The first-order valence-corrected chi connectivity index (χ1v) is 3.62. The number of nitrogens with one attached hydrogen (secondary N) is 1. The van der Waals surface area contributed by atoms with E-state index in [-0.39, 0.29) is 11.3 Å². The van der Waals surface area contributed by atoms with E-state index in [1.807, 2.05) is 0 Å². The minimum Gasteiger partial charge on any atom is -0.495 e. The van der Waals surface area contributed by atoms with E-state index in [1.54, 1.807) is 0 Å². The molecule has 1 aromatic rings. The molecule has 0 atom stereocenters.